The molecule has 4 aromatic heterocycles. The van der Waals surface area contributed by atoms with Gasteiger partial charge in [-0.25, -0.2) is 9.37 Å². The van der Waals surface area contributed by atoms with Gasteiger partial charge in [-0.2, -0.15) is 4.98 Å². The highest BCUT2D eigenvalue weighted by atomic mass is 19.1. The zero-order valence-electron chi connectivity index (χ0n) is 18.4. The number of pyridine rings is 1. The molecule has 0 atom stereocenters. The second kappa shape index (κ2) is 7.84. The van der Waals surface area contributed by atoms with Crippen LogP contribution in [0.4, 0.5) is 4.39 Å². The standard InChI is InChI=1S/C24H21FN6O3/c1-33-24(10-3-4-11-24)23-28-21(34-29-23)18-20-22(32)30(13-15-7-2-5-12-26-15)19-16(25)8-6-9-17(19)31(20)14-27-18/h2,5-9,12,14H,3-4,10-11,13H2,1H3. The fraction of sp³-hybridized carbons (Fsp3) is 0.292. The number of fused-ring (bicyclic) bond motifs is 3. The molecule has 0 aliphatic heterocycles. The van der Waals surface area contributed by atoms with Crippen LogP contribution in [0, 0.1) is 5.82 Å². The lowest BCUT2D eigenvalue weighted by Gasteiger charge is -2.22. The van der Waals surface area contributed by atoms with Crippen molar-refractivity contribution in [1.82, 2.24) is 29.1 Å². The number of methoxy groups -OCH3 is 1. The number of hydrogen-bond acceptors (Lipinski definition) is 7. The molecule has 34 heavy (non-hydrogen) atoms. The van der Waals surface area contributed by atoms with E-state index >= 15 is 0 Å². The van der Waals surface area contributed by atoms with Crippen molar-refractivity contribution < 1.29 is 13.7 Å². The molecule has 0 amide bonds. The molecule has 10 heteroatoms. The lowest BCUT2D eigenvalue weighted by atomic mass is 10.0. The first kappa shape index (κ1) is 20.7. The van der Waals surface area contributed by atoms with Crippen LogP contribution in [0.3, 0.4) is 0 Å². The van der Waals surface area contributed by atoms with Crippen molar-refractivity contribution in [3.05, 3.63) is 76.6 Å². The molecule has 9 nitrogen and oxygen atoms in total. The second-order valence-electron chi connectivity index (χ2n) is 8.46. The smallest absolute Gasteiger partial charge is 0.279 e. The summed E-state index contributed by atoms with van der Waals surface area (Å²) in [6, 6.07) is 10.1. The molecule has 0 bridgehead atoms. The topological polar surface area (TPSA) is 100 Å². The fourth-order valence-electron chi connectivity index (χ4n) is 4.86. The Morgan fingerprint density at radius 1 is 1.12 bits per heavy atom. The van der Waals surface area contributed by atoms with Gasteiger partial charge in [0, 0.05) is 13.3 Å². The molecular weight excluding hydrogens is 439 g/mol. The van der Waals surface area contributed by atoms with Crippen LogP contribution in [-0.4, -0.2) is 36.2 Å². The van der Waals surface area contributed by atoms with E-state index in [2.05, 4.69) is 20.1 Å². The normalized spacial score (nSPS) is 15.5. The Balaban J connectivity index is 1.57. The van der Waals surface area contributed by atoms with Gasteiger partial charge < -0.3 is 9.26 Å². The van der Waals surface area contributed by atoms with Gasteiger partial charge in [0.15, 0.2) is 5.69 Å². The molecule has 1 saturated carbocycles. The van der Waals surface area contributed by atoms with Gasteiger partial charge in [0.2, 0.25) is 5.82 Å². The largest absolute Gasteiger partial charge is 0.370 e. The van der Waals surface area contributed by atoms with Gasteiger partial charge in [-0.05, 0) is 49.9 Å². The lowest BCUT2D eigenvalue weighted by Crippen LogP contribution is -2.26. The quantitative estimate of drug-likeness (QED) is 0.394. The molecule has 0 N–H and O–H groups in total. The van der Waals surface area contributed by atoms with Gasteiger partial charge in [-0.15, -0.1) is 0 Å². The Labute approximate surface area is 192 Å². The van der Waals surface area contributed by atoms with Crippen LogP contribution < -0.4 is 5.56 Å². The van der Waals surface area contributed by atoms with Crippen LogP contribution >= 0.6 is 0 Å². The first-order valence-corrected chi connectivity index (χ1v) is 11.1. The molecule has 0 radical (unpaired) electrons. The van der Waals surface area contributed by atoms with Crippen molar-refractivity contribution in [2.45, 2.75) is 37.8 Å². The molecule has 6 rings (SSSR count). The SMILES string of the molecule is COC1(c2noc(-c3ncn4c3c(=O)n(Cc3ccccn3)c3c(F)cccc34)n2)CCCC1. The van der Waals surface area contributed by atoms with E-state index < -0.39 is 17.0 Å². The summed E-state index contributed by atoms with van der Waals surface area (Å²) in [5, 5.41) is 4.16. The van der Waals surface area contributed by atoms with Gasteiger partial charge in [-0.1, -0.05) is 17.3 Å². The highest BCUT2D eigenvalue weighted by Gasteiger charge is 2.40. The Bertz CT molecular complexity index is 1570. The maximum Gasteiger partial charge on any atom is 0.279 e. The third-order valence-electron chi connectivity index (χ3n) is 6.59. The molecule has 4 heterocycles. The second-order valence-corrected chi connectivity index (χ2v) is 8.46. The first-order valence-electron chi connectivity index (χ1n) is 11.1. The molecule has 0 unspecified atom stereocenters. The predicted molar refractivity (Wildman–Crippen MR) is 121 cm³/mol. The van der Waals surface area contributed by atoms with E-state index in [0.717, 1.165) is 25.7 Å². The van der Waals surface area contributed by atoms with Crippen LogP contribution in [0.15, 0.2) is 58.2 Å². The predicted octanol–water partition coefficient (Wildman–Crippen LogP) is 3.70. The number of rotatable bonds is 5. The van der Waals surface area contributed by atoms with Crippen molar-refractivity contribution >= 4 is 16.6 Å². The summed E-state index contributed by atoms with van der Waals surface area (Å²) in [6.07, 6.45) is 6.74. The molecule has 1 fully saturated rings. The minimum atomic E-state index is -0.591. The average Bonchev–Trinajstić information content (AvgIpc) is 3.62. The number of ether oxygens (including phenoxy) is 1. The Morgan fingerprint density at radius 3 is 2.74 bits per heavy atom. The number of halogens is 1. The van der Waals surface area contributed by atoms with Gasteiger partial charge in [0.1, 0.15) is 28.8 Å². The van der Waals surface area contributed by atoms with E-state index in [4.69, 9.17) is 9.26 Å². The van der Waals surface area contributed by atoms with Gasteiger partial charge >= 0.3 is 0 Å². The maximum atomic E-state index is 15.0. The maximum absolute atomic E-state index is 15.0. The van der Waals surface area contributed by atoms with Gasteiger partial charge in [-0.3, -0.25) is 18.7 Å². The third-order valence-corrected chi connectivity index (χ3v) is 6.59. The Morgan fingerprint density at radius 2 is 1.97 bits per heavy atom. The van der Waals surface area contributed by atoms with E-state index in [1.165, 1.54) is 17.0 Å². The molecule has 1 aliphatic carbocycles. The molecule has 0 saturated heterocycles. The zero-order valence-corrected chi connectivity index (χ0v) is 18.4. The lowest BCUT2D eigenvalue weighted by molar-refractivity contribution is -0.0178. The first-order chi connectivity index (χ1) is 16.6. The van der Waals surface area contributed by atoms with Crippen molar-refractivity contribution in [1.29, 1.82) is 0 Å². The third kappa shape index (κ3) is 3.06. The molecule has 1 aliphatic rings. The number of nitrogens with zero attached hydrogens (tertiary/aromatic N) is 6. The summed E-state index contributed by atoms with van der Waals surface area (Å²) < 4.78 is 29.2. The minimum Gasteiger partial charge on any atom is -0.370 e. The van der Waals surface area contributed by atoms with Crippen molar-refractivity contribution in [3.63, 3.8) is 0 Å². The van der Waals surface area contributed by atoms with E-state index in [1.807, 2.05) is 6.07 Å². The van der Waals surface area contributed by atoms with Crippen molar-refractivity contribution in [2.24, 2.45) is 0 Å². The van der Waals surface area contributed by atoms with Crippen LogP contribution in [0.5, 0.6) is 0 Å². The summed E-state index contributed by atoms with van der Waals surface area (Å²) >= 11 is 0. The van der Waals surface area contributed by atoms with Crippen molar-refractivity contribution in [3.8, 4) is 11.6 Å². The highest BCUT2D eigenvalue weighted by molar-refractivity contribution is 5.83. The highest BCUT2D eigenvalue weighted by Crippen LogP contribution is 2.40. The zero-order chi connectivity index (χ0) is 23.3. The number of hydrogen-bond donors (Lipinski definition) is 0. The monoisotopic (exact) mass is 460 g/mol. The summed E-state index contributed by atoms with van der Waals surface area (Å²) in [4.78, 5) is 27.0. The summed E-state index contributed by atoms with van der Waals surface area (Å²) in [6.45, 7) is 0.0973. The molecular formula is C24H21FN6O3. The Hall–Kier alpha value is -3.92. The van der Waals surface area contributed by atoms with Crippen LogP contribution in [0.1, 0.15) is 37.2 Å². The summed E-state index contributed by atoms with van der Waals surface area (Å²) in [7, 11) is 1.64. The molecule has 0 spiro atoms. The van der Waals surface area contributed by atoms with E-state index in [-0.39, 0.29) is 29.2 Å². The number of aromatic nitrogens is 6. The minimum absolute atomic E-state index is 0.0973. The average molecular weight is 460 g/mol. The van der Waals surface area contributed by atoms with Crippen molar-refractivity contribution in [2.75, 3.05) is 7.11 Å². The number of benzene rings is 1. The van der Waals surface area contributed by atoms with Crippen LogP contribution in [0.2, 0.25) is 0 Å². The van der Waals surface area contributed by atoms with E-state index in [0.29, 0.717) is 17.0 Å². The van der Waals surface area contributed by atoms with Gasteiger partial charge in [0.05, 0.1) is 17.8 Å². The molecule has 172 valence electrons. The van der Waals surface area contributed by atoms with Crippen LogP contribution in [0.25, 0.3) is 28.1 Å². The van der Waals surface area contributed by atoms with E-state index in [9.17, 15) is 9.18 Å². The molecule has 1 aromatic carbocycles. The van der Waals surface area contributed by atoms with E-state index in [1.54, 1.807) is 42.0 Å². The fourth-order valence-corrected chi connectivity index (χ4v) is 4.86. The summed E-state index contributed by atoms with van der Waals surface area (Å²) in [5.74, 6) is 0.0633. The van der Waals surface area contributed by atoms with Crippen LogP contribution in [-0.2, 0) is 16.9 Å². The number of imidazole rings is 1. The number of para-hydroxylation sites is 1. The van der Waals surface area contributed by atoms with Gasteiger partial charge in [0.25, 0.3) is 11.4 Å². The molecule has 5 aromatic rings. The Kier molecular flexibility index (Phi) is 4.77. The summed E-state index contributed by atoms with van der Waals surface area (Å²) in [5.41, 5.74) is 0.738.